The number of nitro groups is 1. The Bertz CT molecular complexity index is 1250. The van der Waals surface area contributed by atoms with Crippen molar-refractivity contribution in [1.82, 2.24) is 5.16 Å². The van der Waals surface area contributed by atoms with E-state index < -0.39 is 11.1 Å². The highest BCUT2D eigenvalue weighted by atomic mass is 16.7. The fraction of sp³-hybridized carbons (Fsp3) is 0.320. The van der Waals surface area contributed by atoms with Crippen molar-refractivity contribution in [1.29, 1.82) is 0 Å². The third-order valence-electron chi connectivity index (χ3n) is 5.69. The van der Waals surface area contributed by atoms with Crippen molar-refractivity contribution >= 4 is 17.8 Å². The summed E-state index contributed by atoms with van der Waals surface area (Å²) in [4.78, 5) is 34.1. The van der Waals surface area contributed by atoms with E-state index in [4.69, 9.17) is 28.2 Å². The first-order valence-corrected chi connectivity index (χ1v) is 11.3. The van der Waals surface area contributed by atoms with Crippen LogP contribution in [0.3, 0.4) is 0 Å². The molecule has 0 N–H and O–H groups in total. The van der Waals surface area contributed by atoms with Crippen LogP contribution in [-0.2, 0) is 25.6 Å². The number of non-ortho nitro benzene ring substituents is 1. The summed E-state index contributed by atoms with van der Waals surface area (Å²) in [5.74, 6) is 0.419. The molecule has 2 aromatic carbocycles. The summed E-state index contributed by atoms with van der Waals surface area (Å²) in [5.41, 5.74) is 1.64. The van der Waals surface area contributed by atoms with Crippen LogP contribution >= 0.6 is 0 Å². The van der Waals surface area contributed by atoms with E-state index in [2.05, 4.69) is 5.16 Å². The van der Waals surface area contributed by atoms with E-state index in [9.17, 15) is 19.7 Å². The molecule has 1 aromatic heterocycles. The SMILES string of the molecule is COC(=O)[C@H]1COC[C@H](Oc2ccc(-c3onc(C)c3COC(=O)Oc3ccc([N+](=O)[O-])cc3)cc2)C1. The second kappa shape index (κ2) is 11.5. The van der Waals surface area contributed by atoms with E-state index in [0.29, 0.717) is 48.0 Å². The molecule has 0 radical (unpaired) electrons. The van der Waals surface area contributed by atoms with Crippen molar-refractivity contribution in [2.24, 2.45) is 5.92 Å². The maximum Gasteiger partial charge on any atom is 0.514 e. The van der Waals surface area contributed by atoms with Gasteiger partial charge < -0.3 is 28.2 Å². The van der Waals surface area contributed by atoms with Crippen LogP contribution in [0.25, 0.3) is 11.3 Å². The monoisotopic (exact) mass is 512 g/mol. The van der Waals surface area contributed by atoms with Gasteiger partial charge in [-0.1, -0.05) is 5.16 Å². The van der Waals surface area contributed by atoms with E-state index in [-0.39, 0.29) is 36.0 Å². The number of ether oxygens (including phenoxy) is 5. The molecule has 2 heterocycles. The van der Waals surface area contributed by atoms with Gasteiger partial charge in [0.2, 0.25) is 0 Å². The van der Waals surface area contributed by atoms with Gasteiger partial charge >= 0.3 is 12.1 Å². The number of hydrogen-bond acceptors (Lipinski definition) is 11. The van der Waals surface area contributed by atoms with Crippen molar-refractivity contribution in [2.45, 2.75) is 26.1 Å². The highest BCUT2D eigenvalue weighted by Crippen LogP contribution is 2.30. The van der Waals surface area contributed by atoms with Crippen LogP contribution in [0.1, 0.15) is 17.7 Å². The average Bonchev–Trinajstić information content (AvgIpc) is 3.28. The number of methoxy groups -OCH3 is 1. The van der Waals surface area contributed by atoms with Crippen molar-refractivity contribution in [3.63, 3.8) is 0 Å². The molecular weight excluding hydrogens is 488 g/mol. The van der Waals surface area contributed by atoms with Crippen molar-refractivity contribution in [3.05, 3.63) is 69.9 Å². The molecule has 0 bridgehead atoms. The standard InChI is InChI=1S/C25H24N2O10/c1-15-22(14-34-25(29)36-20-9-5-18(6-10-20)27(30)31)23(37-26-15)16-3-7-19(8-4-16)35-21-11-17(12-33-13-21)24(28)32-2/h3-10,17,21H,11-14H2,1-2H3/t17-,21-/m1/s1. The molecule has 0 spiro atoms. The number of aromatic nitrogens is 1. The zero-order valence-electron chi connectivity index (χ0n) is 20.1. The minimum atomic E-state index is -0.982. The first-order valence-electron chi connectivity index (χ1n) is 11.3. The molecule has 4 rings (SSSR count). The molecule has 0 saturated carbocycles. The fourth-order valence-corrected chi connectivity index (χ4v) is 3.76. The van der Waals surface area contributed by atoms with Crippen LogP contribution in [0, 0.1) is 23.0 Å². The number of hydrogen-bond donors (Lipinski definition) is 0. The summed E-state index contributed by atoms with van der Waals surface area (Å²) in [5, 5.41) is 14.7. The molecule has 0 aliphatic carbocycles. The highest BCUT2D eigenvalue weighted by molar-refractivity contribution is 5.72. The number of esters is 1. The Morgan fingerprint density at radius 2 is 1.78 bits per heavy atom. The minimum absolute atomic E-state index is 0.106. The van der Waals surface area contributed by atoms with Gasteiger partial charge in [-0.3, -0.25) is 14.9 Å². The normalized spacial score (nSPS) is 17.0. The molecule has 1 fully saturated rings. The van der Waals surface area contributed by atoms with Gasteiger partial charge in [0, 0.05) is 24.1 Å². The second-order valence-electron chi connectivity index (χ2n) is 8.22. The molecule has 1 saturated heterocycles. The molecule has 3 aromatic rings. The summed E-state index contributed by atoms with van der Waals surface area (Å²) < 4.78 is 31.9. The minimum Gasteiger partial charge on any atom is -0.488 e. The van der Waals surface area contributed by atoms with Gasteiger partial charge in [-0.2, -0.15) is 0 Å². The molecule has 2 atom stereocenters. The summed E-state index contributed by atoms with van der Waals surface area (Å²) in [6, 6.07) is 12.1. The Labute approximate surface area is 211 Å². The Morgan fingerprint density at radius 3 is 2.46 bits per heavy atom. The molecule has 12 heteroatoms. The van der Waals surface area contributed by atoms with Crippen molar-refractivity contribution in [2.75, 3.05) is 20.3 Å². The van der Waals surface area contributed by atoms with Crippen LogP contribution in [-0.4, -0.2) is 48.6 Å². The first kappa shape index (κ1) is 25.6. The largest absolute Gasteiger partial charge is 0.514 e. The summed E-state index contributed by atoms with van der Waals surface area (Å²) >= 11 is 0. The number of carbonyl (C=O) groups is 2. The van der Waals surface area contributed by atoms with Gasteiger partial charge in [-0.05, 0) is 43.3 Å². The lowest BCUT2D eigenvalue weighted by molar-refractivity contribution is -0.384. The van der Waals surface area contributed by atoms with E-state index in [1.165, 1.54) is 31.4 Å². The summed E-state index contributed by atoms with van der Waals surface area (Å²) in [6.07, 6.45) is -0.779. The van der Waals surface area contributed by atoms with E-state index in [1.807, 2.05) is 0 Å². The smallest absolute Gasteiger partial charge is 0.488 e. The van der Waals surface area contributed by atoms with Gasteiger partial charge in [0.05, 0.1) is 42.4 Å². The number of benzene rings is 2. The maximum atomic E-state index is 12.1. The average molecular weight is 512 g/mol. The van der Waals surface area contributed by atoms with Crippen LogP contribution in [0.5, 0.6) is 11.5 Å². The predicted molar refractivity (Wildman–Crippen MR) is 126 cm³/mol. The molecule has 194 valence electrons. The Balaban J connectivity index is 1.36. The van der Waals surface area contributed by atoms with Crippen LogP contribution in [0.15, 0.2) is 53.1 Å². The molecule has 0 amide bonds. The molecule has 0 unspecified atom stereocenters. The topological polar surface area (TPSA) is 149 Å². The number of nitrogens with zero attached hydrogens (tertiary/aromatic N) is 2. The van der Waals surface area contributed by atoms with Gasteiger partial charge in [0.1, 0.15) is 24.2 Å². The number of rotatable bonds is 8. The van der Waals surface area contributed by atoms with Crippen molar-refractivity contribution in [3.8, 4) is 22.8 Å². The lowest BCUT2D eigenvalue weighted by Crippen LogP contribution is -2.37. The molecular formula is C25H24N2O10. The third kappa shape index (κ3) is 6.41. The van der Waals surface area contributed by atoms with Crippen LogP contribution < -0.4 is 9.47 Å². The van der Waals surface area contributed by atoms with Crippen LogP contribution in [0.4, 0.5) is 10.5 Å². The Kier molecular flexibility index (Phi) is 7.98. The van der Waals surface area contributed by atoms with E-state index in [0.717, 1.165) is 0 Å². The zero-order valence-corrected chi connectivity index (χ0v) is 20.1. The van der Waals surface area contributed by atoms with Gasteiger partial charge in [-0.25, -0.2) is 4.79 Å². The third-order valence-corrected chi connectivity index (χ3v) is 5.69. The van der Waals surface area contributed by atoms with Crippen LogP contribution in [0.2, 0.25) is 0 Å². The molecule has 12 nitrogen and oxygen atoms in total. The Morgan fingerprint density at radius 1 is 1.08 bits per heavy atom. The molecule has 1 aliphatic rings. The Hall–Kier alpha value is -4.45. The first-order chi connectivity index (χ1) is 17.8. The van der Waals surface area contributed by atoms with E-state index >= 15 is 0 Å². The lowest BCUT2D eigenvalue weighted by atomic mass is 10.0. The molecule has 37 heavy (non-hydrogen) atoms. The summed E-state index contributed by atoms with van der Waals surface area (Å²) in [7, 11) is 1.35. The lowest BCUT2D eigenvalue weighted by Gasteiger charge is -2.28. The van der Waals surface area contributed by atoms with Gasteiger partial charge in [0.15, 0.2) is 5.76 Å². The van der Waals surface area contributed by atoms with Gasteiger partial charge in [-0.15, -0.1) is 0 Å². The van der Waals surface area contributed by atoms with Gasteiger partial charge in [0.25, 0.3) is 5.69 Å². The highest BCUT2D eigenvalue weighted by Gasteiger charge is 2.30. The van der Waals surface area contributed by atoms with E-state index in [1.54, 1.807) is 31.2 Å². The quantitative estimate of drug-likeness (QED) is 0.185. The zero-order chi connectivity index (χ0) is 26.4. The maximum absolute atomic E-state index is 12.1. The number of carbonyl (C=O) groups excluding carboxylic acids is 2. The summed E-state index contributed by atoms with van der Waals surface area (Å²) in [6.45, 7) is 2.23. The molecule has 1 aliphatic heterocycles. The number of aryl methyl sites for hydroxylation is 1. The van der Waals surface area contributed by atoms with Crippen molar-refractivity contribution < 1.29 is 42.7 Å². The number of nitro benzene ring substituents is 1. The second-order valence-corrected chi connectivity index (χ2v) is 8.22. The fourth-order valence-electron chi connectivity index (χ4n) is 3.76. The predicted octanol–water partition coefficient (Wildman–Crippen LogP) is 4.23.